The highest BCUT2D eigenvalue weighted by Crippen LogP contribution is 2.24. The van der Waals surface area contributed by atoms with Crippen LogP contribution in [-0.2, 0) is 10.0 Å². The second kappa shape index (κ2) is 5.01. The van der Waals surface area contributed by atoms with Crippen LogP contribution in [0.1, 0.15) is 5.56 Å². The summed E-state index contributed by atoms with van der Waals surface area (Å²) in [6, 6.07) is 10.0. The molecule has 21 heavy (non-hydrogen) atoms. The Morgan fingerprint density at radius 1 is 1.19 bits per heavy atom. The van der Waals surface area contributed by atoms with Gasteiger partial charge < -0.3 is 0 Å². The molecule has 0 fully saturated rings. The van der Waals surface area contributed by atoms with Gasteiger partial charge in [0.25, 0.3) is 10.0 Å². The molecule has 0 saturated carbocycles. The van der Waals surface area contributed by atoms with Gasteiger partial charge in [-0.2, -0.15) is 0 Å². The van der Waals surface area contributed by atoms with Crippen molar-refractivity contribution >= 4 is 33.2 Å². The molecule has 2 aromatic heterocycles. The first kappa shape index (κ1) is 13.8. The van der Waals surface area contributed by atoms with E-state index >= 15 is 0 Å². The van der Waals surface area contributed by atoms with Crippen LogP contribution in [0.2, 0.25) is 5.02 Å². The van der Waals surface area contributed by atoms with E-state index in [9.17, 15) is 8.42 Å². The maximum Gasteiger partial charge on any atom is 0.265 e. The van der Waals surface area contributed by atoms with Crippen molar-refractivity contribution in [3.63, 3.8) is 0 Å². The molecule has 0 aliphatic carbocycles. The first-order valence-corrected chi connectivity index (χ1v) is 7.92. The van der Waals surface area contributed by atoms with E-state index in [1.165, 1.54) is 6.07 Å². The number of nitrogens with one attached hydrogen (secondary N) is 1. The lowest BCUT2D eigenvalue weighted by Crippen LogP contribution is -2.15. The van der Waals surface area contributed by atoms with Crippen molar-refractivity contribution < 1.29 is 8.42 Å². The van der Waals surface area contributed by atoms with Crippen molar-refractivity contribution in [3.05, 3.63) is 53.2 Å². The highest BCUT2D eigenvalue weighted by molar-refractivity contribution is 7.92. The van der Waals surface area contributed by atoms with Crippen LogP contribution in [0.25, 0.3) is 5.65 Å². The van der Waals surface area contributed by atoms with Crippen molar-refractivity contribution in [1.29, 1.82) is 0 Å². The van der Waals surface area contributed by atoms with Crippen LogP contribution in [-0.4, -0.2) is 23.0 Å². The Labute approximate surface area is 126 Å². The highest BCUT2D eigenvalue weighted by atomic mass is 35.5. The molecule has 3 rings (SSSR count). The summed E-state index contributed by atoms with van der Waals surface area (Å²) >= 11 is 6.01. The number of nitrogens with zero attached hydrogens (tertiary/aromatic N) is 3. The van der Waals surface area contributed by atoms with E-state index in [-0.39, 0.29) is 15.9 Å². The number of aromatic nitrogens is 3. The predicted octanol–water partition coefficient (Wildman–Crippen LogP) is 2.49. The molecule has 8 heteroatoms. The number of rotatable bonds is 3. The van der Waals surface area contributed by atoms with E-state index in [0.717, 1.165) is 5.56 Å². The van der Waals surface area contributed by atoms with Gasteiger partial charge >= 0.3 is 0 Å². The van der Waals surface area contributed by atoms with Crippen LogP contribution in [0.4, 0.5) is 5.95 Å². The van der Waals surface area contributed by atoms with Crippen LogP contribution < -0.4 is 4.72 Å². The minimum absolute atomic E-state index is 0.00227. The molecule has 0 bridgehead atoms. The van der Waals surface area contributed by atoms with Gasteiger partial charge in [0.05, 0.1) is 5.02 Å². The van der Waals surface area contributed by atoms with Crippen LogP contribution in [0, 0.1) is 6.92 Å². The number of pyridine rings is 1. The zero-order chi connectivity index (χ0) is 15.0. The monoisotopic (exact) mass is 322 g/mol. The number of halogens is 1. The Bertz CT molecular complexity index is 921. The minimum Gasteiger partial charge on any atom is -0.268 e. The Morgan fingerprint density at radius 3 is 2.76 bits per heavy atom. The fraction of sp³-hybridized carbons (Fsp3) is 0.0769. The maximum absolute atomic E-state index is 12.4. The zero-order valence-corrected chi connectivity index (χ0v) is 12.6. The highest BCUT2D eigenvalue weighted by Gasteiger charge is 2.20. The fourth-order valence-electron chi connectivity index (χ4n) is 1.91. The van der Waals surface area contributed by atoms with Gasteiger partial charge in [0.2, 0.25) is 5.95 Å². The van der Waals surface area contributed by atoms with Gasteiger partial charge in [-0.1, -0.05) is 23.7 Å². The standard InChI is InChI=1S/C13H11ClN4O2S/c1-9-5-6-11(10(14)8-9)21(19,20)17-13-16-15-12-4-2-3-7-18(12)13/h2-8H,1H3,(H,16,17). The largest absolute Gasteiger partial charge is 0.268 e. The van der Waals surface area contributed by atoms with Gasteiger partial charge in [-0.25, -0.2) is 13.1 Å². The average Bonchev–Trinajstić information content (AvgIpc) is 2.81. The third kappa shape index (κ3) is 2.57. The average molecular weight is 323 g/mol. The van der Waals surface area contributed by atoms with Crippen molar-refractivity contribution in [3.8, 4) is 0 Å². The van der Waals surface area contributed by atoms with E-state index in [1.54, 1.807) is 40.9 Å². The smallest absolute Gasteiger partial charge is 0.265 e. The fourth-order valence-corrected chi connectivity index (χ4v) is 3.50. The summed E-state index contributed by atoms with van der Waals surface area (Å²) in [6.07, 6.45) is 1.67. The van der Waals surface area contributed by atoms with Gasteiger partial charge in [-0.15, -0.1) is 10.2 Å². The van der Waals surface area contributed by atoms with E-state index < -0.39 is 10.0 Å². The molecule has 1 aromatic carbocycles. The van der Waals surface area contributed by atoms with E-state index in [0.29, 0.717) is 5.65 Å². The van der Waals surface area contributed by atoms with E-state index in [2.05, 4.69) is 14.9 Å². The first-order chi connectivity index (χ1) is 9.97. The molecule has 1 N–H and O–H groups in total. The third-order valence-electron chi connectivity index (χ3n) is 2.92. The summed E-state index contributed by atoms with van der Waals surface area (Å²) in [4.78, 5) is 0.00227. The van der Waals surface area contributed by atoms with Gasteiger partial charge in [-0.05, 0) is 36.8 Å². The number of fused-ring (bicyclic) bond motifs is 1. The van der Waals surface area contributed by atoms with Crippen LogP contribution in [0.3, 0.4) is 0 Å². The summed E-state index contributed by atoms with van der Waals surface area (Å²) < 4.78 is 28.7. The maximum atomic E-state index is 12.4. The molecule has 0 spiro atoms. The van der Waals surface area contributed by atoms with E-state index in [1.807, 2.05) is 6.92 Å². The van der Waals surface area contributed by atoms with Gasteiger partial charge in [-0.3, -0.25) is 4.40 Å². The third-order valence-corrected chi connectivity index (χ3v) is 4.73. The normalized spacial score (nSPS) is 11.7. The number of sulfonamides is 1. The molecule has 3 aromatic rings. The van der Waals surface area contributed by atoms with Crippen LogP contribution >= 0.6 is 11.6 Å². The number of hydrogen-bond donors (Lipinski definition) is 1. The molecule has 0 aliphatic heterocycles. The lowest BCUT2D eigenvalue weighted by atomic mass is 10.2. The molecular formula is C13H11ClN4O2S. The lowest BCUT2D eigenvalue weighted by molar-refractivity contribution is 0.600. The van der Waals surface area contributed by atoms with Gasteiger partial charge in [0.1, 0.15) is 4.90 Å². The number of hydrogen-bond acceptors (Lipinski definition) is 4. The molecule has 0 aliphatic rings. The Balaban J connectivity index is 2.03. The summed E-state index contributed by atoms with van der Waals surface area (Å²) in [5.41, 5.74) is 1.43. The molecule has 2 heterocycles. The SMILES string of the molecule is Cc1ccc(S(=O)(=O)Nc2nnc3ccccn23)c(Cl)c1. The molecule has 108 valence electrons. The Hall–Kier alpha value is -2.12. The molecule has 0 amide bonds. The van der Waals surface area contributed by atoms with Crippen LogP contribution in [0.15, 0.2) is 47.5 Å². The second-order valence-corrected chi connectivity index (χ2v) is 6.55. The zero-order valence-electron chi connectivity index (χ0n) is 11.0. The van der Waals surface area contributed by atoms with Crippen molar-refractivity contribution in [1.82, 2.24) is 14.6 Å². The summed E-state index contributed by atoms with van der Waals surface area (Å²) in [5, 5.41) is 7.88. The van der Waals surface area contributed by atoms with Crippen molar-refractivity contribution in [2.75, 3.05) is 4.72 Å². The Morgan fingerprint density at radius 2 is 2.00 bits per heavy atom. The first-order valence-electron chi connectivity index (χ1n) is 6.06. The summed E-state index contributed by atoms with van der Waals surface area (Å²) in [7, 11) is -3.83. The number of aryl methyl sites for hydroxylation is 1. The molecule has 0 atom stereocenters. The van der Waals surface area contributed by atoms with E-state index in [4.69, 9.17) is 11.6 Å². The second-order valence-electron chi connectivity index (χ2n) is 4.49. The van der Waals surface area contributed by atoms with Crippen LogP contribution in [0.5, 0.6) is 0 Å². The summed E-state index contributed by atoms with van der Waals surface area (Å²) in [6.45, 7) is 1.84. The van der Waals surface area contributed by atoms with Gasteiger partial charge in [0, 0.05) is 6.20 Å². The molecule has 0 unspecified atom stereocenters. The topological polar surface area (TPSA) is 76.4 Å². The summed E-state index contributed by atoms with van der Waals surface area (Å²) in [5.74, 6) is 0.113. The minimum atomic E-state index is -3.83. The van der Waals surface area contributed by atoms with Crippen molar-refractivity contribution in [2.24, 2.45) is 0 Å². The molecule has 0 saturated heterocycles. The number of anilines is 1. The number of benzene rings is 1. The molecule has 0 radical (unpaired) electrons. The lowest BCUT2D eigenvalue weighted by Gasteiger charge is -2.08. The molecular weight excluding hydrogens is 312 g/mol. The molecule has 6 nitrogen and oxygen atoms in total. The van der Waals surface area contributed by atoms with Crippen molar-refractivity contribution in [2.45, 2.75) is 11.8 Å². The Kier molecular flexibility index (Phi) is 3.30. The predicted molar refractivity (Wildman–Crippen MR) is 80.0 cm³/mol. The quantitative estimate of drug-likeness (QED) is 0.803. The van der Waals surface area contributed by atoms with Gasteiger partial charge in [0.15, 0.2) is 5.65 Å².